The largest absolute Gasteiger partial charge is 0.474 e. The first-order chi connectivity index (χ1) is 13.7. The van der Waals surface area contributed by atoms with Gasteiger partial charge in [0.15, 0.2) is 5.96 Å². The van der Waals surface area contributed by atoms with E-state index in [0.29, 0.717) is 25.1 Å². The summed E-state index contributed by atoms with van der Waals surface area (Å²) in [6.45, 7) is 5.45. The van der Waals surface area contributed by atoms with Gasteiger partial charge in [-0.1, -0.05) is 19.0 Å². The summed E-state index contributed by atoms with van der Waals surface area (Å²) in [5, 5.41) is 10.9. The predicted octanol–water partition coefficient (Wildman–Crippen LogP) is 4.00. The Balaban J connectivity index is 0.00000300. The molecule has 2 aromatic heterocycles. The van der Waals surface area contributed by atoms with Crippen LogP contribution < -0.4 is 15.4 Å². The first kappa shape index (κ1) is 23.4. The van der Waals surface area contributed by atoms with Crippen LogP contribution in [-0.2, 0) is 25.9 Å². The van der Waals surface area contributed by atoms with Crippen LogP contribution in [-0.4, -0.2) is 29.3 Å². The molecule has 2 N–H and O–H groups in total. The number of pyridine rings is 1. The zero-order valence-corrected chi connectivity index (χ0v) is 19.9. The highest BCUT2D eigenvalue weighted by molar-refractivity contribution is 14.0. The van der Waals surface area contributed by atoms with E-state index in [-0.39, 0.29) is 24.0 Å². The Hall–Kier alpha value is -1.84. The fraction of sp³-hybridized carbons (Fsp3) is 0.571. The van der Waals surface area contributed by atoms with Crippen LogP contribution in [0.15, 0.2) is 27.8 Å². The zero-order chi connectivity index (χ0) is 19.8. The molecule has 0 radical (unpaired) electrons. The molecule has 3 rings (SSSR count). The number of aliphatic imine (C=N–C) groups is 1. The van der Waals surface area contributed by atoms with Gasteiger partial charge in [0.1, 0.15) is 11.9 Å². The molecule has 1 fully saturated rings. The van der Waals surface area contributed by atoms with Gasteiger partial charge in [-0.2, -0.15) is 0 Å². The van der Waals surface area contributed by atoms with Crippen LogP contribution in [0.1, 0.15) is 62.1 Å². The second-order valence-electron chi connectivity index (χ2n) is 7.04. The smallest absolute Gasteiger partial charge is 0.213 e. The van der Waals surface area contributed by atoms with E-state index >= 15 is 0 Å². The molecule has 8 heteroatoms. The maximum absolute atomic E-state index is 5.99. The van der Waals surface area contributed by atoms with Gasteiger partial charge in [-0.3, -0.25) is 4.99 Å². The molecule has 7 nitrogen and oxygen atoms in total. The number of nitrogens with one attached hydrogen (secondary N) is 2. The number of nitrogens with zero attached hydrogens (tertiary/aromatic N) is 3. The Morgan fingerprint density at radius 1 is 1.21 bits per heavy atom. The fourth-order valence-electron chi connectivity index (χ4n) is 3.52. The molecular formula is C21H32IN5O2. The molecule has 0 amide bonds. The van der Waals surface area contributed by atoms with Crippen molar-refractivity contribution < 1.29 is 9.26 Å². The van der Waals surface area contributed by atoms with Crippen molar-refractivity contribution in [3.05, 3.63) is 40.9 Å². The number of ether oxygens (including phenoxy) is 1. The average Bonchev–Trinajstić information content (AvgIpc) is 3.37. The highest BCUT2D eigenvalue weighted by Gasteiger charge is 2.17. The van der Waals surface area contributed by atoms with Crippen LogP contribution in [0.25, 0.3) is 0 Å². The van der Waals surface area contributed by atoms with Crippen molar-refractivity contribution in [3.63, 3.8) is 0 Å². The molecule has 0 atom stereocenters. The van der Waals surface area contributed by atoms with Crippen molar-refractivity contribution in [2.75, 3.05) is 7.05 Å². The van der Waals surface area contributed by atoms with Gasteiger partial charge in [0.25, 0.3) is 0 Å². The lowest BCUT2D eigenvalue weighted by Crippen LogP contribution is -2.36. The van der Waals surface area contributed by atoms with E-state index in [4.69, 9.17) is 9.26 Å². The molecule has 0 bridgehead atoms. The molecular weight excluding hydrogens is 481 g/mol. The zero-order valence-electron chi connectivity index (χ0n) is 17.5. The summed E-state index contributed by atoms with van der Waals surface area (Å²) < 4.78 is 11.4. The summed E-state index contributed by atoms with van der Waals surface area (Å²) in [5.74, 6) is 2.38. The van der Waals surface area contributed by atoms with E-state index in [1.165, 1.54) is 12.8 Å². The fourth-order valence-corrected chi connectivity index (χ4v) is 3.52. The molecule has 29 heavy (non-hydrogen) atoms. The van der Waals surface area contributed by atoms with E-state index in [9.17, 15) is 0 Å². The molecule has 0 aromatic carbocycles. The van der Waals surface area contributed by atoms with Crippen molar-refractivity contribution in [1.29, 1.82) is 0 Å². The second kappa shape index (κ2) is 12.0. The maximum atomic E-state index is 5.99. The number of halogens is 1. The number of hydrogen-bond acceptors (Lipinski definition) is 5. The molecule has 160 valence electrons. The standard InChI is InChI=1S/C21H31N5O2.HI/c1-4-18-17(19(5-2)28-26-18)14-25-21(22-3)24-13-15-10-11-23-20(12-15)27-16-8-6-7-9-16;/h10-12,16H,4-9,13-14H2,1-3H3,(H2,22,24,25);1H. The van der Waals surface area contributed by atoms with Crippen molar-refractivity contribution in [2.24, 2.45) is 4.99 Å². The monoisotopic (exact) mass is 513 g/mol. The Morgan fingerprint density at radius 2 is 1.97 bits per heavy atom. The maximum Gasteiger partial charge on any atom is 0.213 e. The van der Waals surface area contributed by atoms with Crippen molar-refractivity contribution >= 4 is 29.9 Å². The third-order valence-corrected chi connectivity index (χ3v) is 5.11. The molecule has 0 aliphatic heterocycles. The van der Waals surface area contributed by atoms with E-state index in [1.54, 1.807) is 13.2 Å². The predicted molar refractivity (Wildman–Crippen MR) is 125 cm³/mol. The summed E-state index contributed by atoms with van der Waals surface area (Å²) >= 11 is 0. The van der Waals surface area contributed by atoms with Gasteiger partial charge in [0.05, 0.1) is 5.69 Å². The molecule has 2 aromatic rings. The van der Waals surface area contributed by atoms with Crippen molar-refractivity contribution in [3.8, 4) is 5.88 Å². The number of rotatable bonds is 8. The van der Waals surface area contributed by atoms with Gasteiger partial charge < -0.3 is 19.9 Å². The van der Waals surface area contributed by atoms with Gasteiger partial charge in [-0.25, -0.2) is 4.98 Å². The van der Waals surface area contributed by atoms with Crippen LogP contribution in [0.5, 0.6) is 5.88 Å². The summed E-state index contributed by atoms with van der Waals surface area (Å²) in [6.07, 6.45) is 8.56. The first-order valence-corrected chi connectivity index (χ1v) is 10.3. The number of aryl methyl sites for hydroxylation is 2. The average molecular weight is 513 g/mol. The van der Waals surface area contributed by atoms with Crippen molar-refractivity contribution in [1.82, 2.24) is 20.8 Å². The Labute approximate surface area is 190 Å². The molecule has 0 saturated heterocycles. The van der Waals surface area contributed by atoms with E-state index in [0.717, 1.165) is 54.2 Å². The number of aromatic nitrogens is 2. The van der Waals surface area contributed by atoms with Crippen LogP contribution in [0.2, 0.25) is 0 Å². The van der Waals surface area contributed by atoms with Gasteiger partial charge in [-0.15, -0.1) is 24.0 Å². The van der Waals surface area contributed by atoms with E-state index in [1.807, 2.05) is 12.1 Å². The lowest BCUT2D eigenvalue weighted by atomic mass is 10.1. The van der Waals surface area contributed by atoms with Crippen LogP contribution in [0.3, 0.4) is 0 Å². The summed E-state index contributed by atoms with van der Waals surface area (Å²) in [4.78, 5) is 8.66. The Kier molecular flexibility index (Phi) is 9.69. The summed E-state index contributed by atoms with van der Waals surface area (Å²) in [5.41, 5.74) is 3.24. The molecule has 1 aliphatic carbocycles. The minimum absolute atomic E-state index is 0. The highest BCUT2D eigenvalue weighted by Crippen LogP contribution is 2.23. The van der Waals surface area contributed by atoms with Crippen LogP contribution in [0.4, 0.5) is 0 Å². The molecule has 1 aliphatic rings. The second-order valence-corrected chi connectivity index (χ2v) is 7.04. The Morgan fingerprint density at radius 3 is 2.66 bits per heavy atom. The molecule has 1 saturated carbocycles. The minimum atomic E-state index is 0. The van der Waals surface area contributed by atoms with Crippen LogP contribution in [0, 0.1) is 0 Å². The van der Waals surface area contributed by atoms with Gasteiger partial charge in [0.2, 0.25) is 5.88 Å². The summed E-state index contributed by atoms with van der Waals surface area (Å²) in [7, 11) is 1.77. The van der Waals surface area contributed by atoms with Gasteiger partial charge >= 0.3 is 0 Å². The normalized spacial score (nSPS) is 14.5. The number of guanidine groups is 1. The number of hydrogen-bond donors (Lipinski definition) is 2. The lowest BCUT2D eigenvalue weighted by molar-refractivity contribution is 0.201. The lowest BCUT2D eigenvalue weighted by Gasteiger charge is -2.14. The van der Waals surface area contributed by atoms with Crippen LogP contribution >= 0.6 is 24.0 Å². The first-order valence-electron chi connectivity index (χ1n) is 10.3. The molecule has 0 unspecified atom stereocenters. The molecule has 2 heterocycles. The van der Waals surface area contributed by atoms with Gasteiger partial charge in [-0.05, 0) is 43.7 Å². The topological polar surface area (TPSA) is 84.6 Å². The van der Waals surface area contributed by atoms with E-state index < -0.39 is 0 Å². The third kappa shape index (κ3) is 6.58. The Bertz CT molecular complexity index is 766. The van der Waals surface area contributed by atoms with E-state index in [2.05, 4.69) is 39.6 Å². The SMILES string of the molecule is CCc1noc(CC)c1CNC(=NC)NCc1ccnc(OC2CCCC2)c1.I. The highest BCUT2D eigenvalue weighted by atomic mass is 127. The minimum Gasteiger partial charge on any atom is -0.474 e. The van der Waals surface area contributed by atoms with Crippen molar-refractivity contribution in [2.45, 2.75) is 71.6 Å². The molecule has 0 spiro atoms. The third-order valence-electron chi connectivity index (χ3n) is 5.11. The van der Waals surface area contributed by atoms with Gasteiger partial charge in [0, 0.05) is 44.4 Å². The summed E-state index contributed by atoms with van der Waals surface area (Å²) in [6, 6.07) is 4.00. The quantitative estimate of drug-likeness (QED) is 0.316.